The van der Waals surface area contributed by atoms with Crippen molar-refractivity contribution in [3.63, 3.8) is 0 Å². The van der Waals surface area contributed by atoms with E-state index in [1.54, 1.807) is 65.5 Å². The average molecular weight is 401 g/mol. The van der Waals surface area contributed by atoms with Gasteiger partial charge in [-0.05, 0) is 6.07 Å². The zero-order valence-corrected chi connectivity index (χ0v) is 15.6. The van der Waals surface area contributed by atoms with E-state index in [-0.39, 0.29) is 0 Å². The largest absolute Gasteiger partial charge is 0.307 e. The Morgan fingerprint density at radius 1 is 1.22 bits per heavy atom. The number of pyridine rings is 1. The normalized spacial score (nSPS) is 19.7. The highest BCUT2D eigenvalue weighted by molar-refractivity contribution is 7.15. The number of hydroxylamine groups is 2. The molecule has 3 aromatic rings. The maximum atomic E-state index is 13.0. The number of rotatable bonds is 4. The highest BCUT2D eigenvalue weighted by Gasteiger charge is 2.49. The quantitative estimate of drug-likeness (QED) is 0.414. The molecule has 1 aliphatic heterocycles. The second-order valence-corrected chi connectivity index (χ2v) is 7.83. The van der Waals surface area contributed by atoms with Crippen LogP contribution in [0.5, 0.6) is 0 Å². The first-order valence-electron chi connectivity index (χ1n) is 8.27. The molecule has 1 aromatic carbocycles. The molecule has 2 atom stereocenters. The molecule has 0 saturated heterocycles. The number of carbonyl (C=O) groups excluding carboxylic acids is 2. The van der Waals surface area contributed by atoms with E-state index in [2.05, 4.69) is 4.98 Å². The lowest BCUT2D eigenvalue weighted by Gasteiger charge is -2.31. The van der Waals surface area contributed by atoms with Gasteiger partial charge in [0.2, 0.25) is 6.17 Å². The lowest BCUT2D eigenvalue weighted by atomic mass is 9.95. The van der Waals surface area contributed by atoms with Crippen molar-refractivity contribution in [1.29, 1.82) is 0 Å². The van der Waals surface area contributed by atoms with Gasteiger partial charge in [-0.2, -0.15) is 4.57 Å². The molecule has 2 aromatic heterocycles. The molecule has 136 valence electrons. The van der Waals surface area contributed by atoms with E-state index in [4.69, 9.17) is 11.6 Å². The predicted molar refractivity (Wildman–Crippen MR) is 99.0 cm³/mol. The van der Waals surface area contributed by atoms with Gasteiger partial charge < -0.3 is 5.21 Å². The van der Waals surface area contributed by atoms with Crippen LogP contribution in [0.4, 0.5) is 0 Å². The molecular formula is C19H15ClN3O3S+. The number of aromatic nitrogens is 2. The molecule has 2 unspecified atom stereocenters. The summed E-state index contributed by atoms with van der Waals surface area (Å²) in [5.74, 6) is -0.879. The van der Waals surface area contributed by atoms with Gasteiger partial charge in [0.15, 0.2) is 22.5 Å². The Balaban J connectivity index is 1.76. The number of hydrogen-bond donors (Lipinski definition) is 1. The van der Waals surface area contributed by atoms with Crippen molar-refractivity contribution in [2.75, 3.05) is 0 Å². The molecule has 3 heterocycles. The van der Waals surface area contributed by atoms with Gasteiger partial charge in [0, 0.05) is 28.8 Å². The summed E-state index contributed by atoms with van der Waals surface area (Å²) in [4.78, 5) is 30.8. The number of carbonyl (C=O) groups is 2. The first kappa shape index (κ1) is 17.9. The highest BCUT2D eigenvalue weighted by Crippen LogP contribution is 2.27. The Hall–Kier alpha value is -2.45. The van der Waals surface area contributed by atoms with Crippen LogP contribution < -0.4 is 4.57 Å². The number of ketones is 2. The molecule has 0 amide bonds. The topological polar surface area (TPSA) is 74.4 Å². The van der Waals surface area contributed by atoms with Crippen molar-refractivity contribution in [2.24, 2.45) is 0 Å². The van der Waals surface area contributed by atoms with E-state index >= 15 is 0 Å². The molecule has 0 spiro atoms. The van der Waals surface area contributed by atoms with Crippen LogP contribution in [0.15, 0.2) is 60.9 Å². The summed E-state index contributed by atoms with van der Waals surface area (Å²) in [5.41, 5.74) is 0.747. The van der Waals surface area contributed by atoms with Crippen molar-refractivity contribution < 1.29 is 19.4 Å². The molecule has 1 N–H and O–H groups in total. The third-order valence-corrected chi connectivity index (χ3v) is 5.63. The molecule has 0 aliphatic carbocycles. The van der Waals surface area contributed by atoms with Gasteiger partial charge >= 0.3 is 0 Å². The Bertz CT molecular complexity index is 1010. The fourth-order valence-electron chi connectivity index (χ4n) is 3.23. The van der Waals surface area contributed by atoms with Crippen LogP contribution in [0.25, 0.3) is 0 Å². The van der Waals surface area contributed by atoms with Gasteiger partial charge in [0.25, 0.3) is 11.5 Å². The monoisotopic (exact) mass is 400 g/mol. The van der Waals surface area contributed by atoms with Gasteiger partial charge in [-0.3, -0.25) is 9.59 Å². The number of halogens is 1. The van der Waals surface area contributed by atoms with Crippen LogP contribution in [0, 0.1) is 0 Å². The van der Waals surface area contributed by atoms with Gasteiger partial charge in [0.05, 0.1) is 6.42 Å². The van der Waals surface area contributed by atoms with Crippen LogP contribution in [-0.2, 0) is 6.42 Å². The molecule has 0 radical (unpaired) electrons. The van der Waals surface area contributed by atoms with E-state index in [0.29, 0.717) is 22.1 Å². The maximum absolute atomic E-state index is 13.0. The molecule has 27 heavy (non-hydrogen) atoms. The number of hydrogen-bond acceptors (Lipinski definition) is 6. The van der Waals surface area contributed by atoms with Crippen molar-refractivity contribution in [3.05, 3.63) is 81.5 Å². The fraction of sp³-hybridized carbons (Fsp3) is 0.158. The molecule has 1 aliphatic rings. The predicted octanol–water partition coefficient (Wildman–Crippen LogP) is 2.96. The molecular weight excluding hydrogens is 386 g/mol. The van der Waals surface area contributed by atoms with E-state index in [1.807, 2.05) is 0 Å². The molecule has 0 fully saturated rings. The summed E-state index contributed by atoms with van der Waals surface area (Å²) in [6, 6.07) is 12.4. The van der Waals surface area contributed by atoms with E-state index < -0.39 is 23.8 Å². The van der Waals surface area contributed by atoms with Crippen molar-refractivity contribution in [2.45, 2.75) is 18.6 Å². The Labute approximate surface area is 164 Å². The minimum absolute atomic E-state index is 0.356. The standard InChI is InChI=1S/C19H15ClN3O3S/c20-19-21-11-13(27-19)10-15-22-9-5-4-8-14(22)18(25)16(23(15)26)17(24)12-6-2-1-3-7-12/h1-9,11,15-16,26H,10H2/q+1. The van der Waals surface area contributed by atoms with Crippen molar-refractivity contribution in [1.82, 2.24) is 10.0 Å². The maximum Gasteiger partial charge on any atom is 0.254 e. The van der Waals surface area contributed by atoms with Crippen molar-refractivity contribution >= 4 is 34.5 Å². The van der Waals surface area contributed by atoms with E-state index in [0.717, 1.165) is 9.94 Å². The minimum atomic E-state index is -1.30. The molecule has 4 rings (SSSR count). The molecule has 8 heteroatoms. The van der Waals surface area contributed by atoms with Crippen molar-refractivity contribution in [3.8, 4) is 0 Å². The zero-order valence-electron chi connectivity index (χ0n) is 14.0. The average Bonchev–Trinajstić information content (AvgIpc) is 3.11. The number of Topliss-reactive ketones (excluding diaryl/α,β-unsaturated/α-hetero) is 2. The third-order valence-electron chi connectivity index (χ3n) is 4.50. The second-order valence-electron chi connectivity index (χ2n) is 6.13. The summed E-state index contributed by atoms with van der Waals surface area (Å²) < 4.78 is 2.07. The van der Waals surface area contributed by atoms with Gasteiger partial charge in [-0.25, -0.2) is 4.98 Å². The highest BCUT2D eigenvalue weighted by atomic mass is 35.5. The SMILES string of the molecule is O=C(c1ccccc1)C1C(=O)c2cccc[n+]2C(Cc2cnc(Cl)s2)N1O. The van der Waals surface area contributed by atoms with Crippen LogP contribution in [0.1, 0.15) is 31.9 Å². The molecule has 0 bridgehead atoms. The number of thiazole rings is 1. The van der Waals surface area contributed by atoms with Crippen LogP contribution in [0.2, 0.25) is 4.47 Å². The first-order valence-corrected chi connectivity index (χ1v) is 9.47. The van der Waals surface area contributed by atoms with Gasteiger partial charge in [-0.15, -0.1) is 16.4 Å². The first-order chi connectivity index (χ1) is 13.1. The van der Waals surface area contributed by atoms with Gasteiger partial charge in [-0.1, -0.05) is 41.9 Å². The van der Waals surface area contributed by atoms with E-state index in [1.165, 1.54) is 11.3 Å². The van der Waals surface area contributed by atoms with Crippen LogP contribution >= 0.6 is 22.9 Å². The lowest BCUT2D eigenvalue weighted by molar-refractivity contribution is -0.762. The summed E-state index contributed by atoms with van der Waals surface area (Å²) in [5, 5.41) is 11.7. The lowest BCUT2D eigenvalue weighted by Crippen LogP contribution is -2.64. The smallest absolute Gasteiger partial charge is 0.254 e. The number of nitrogens with zero attached hydrogens (tertiary/aromatic N) is 3. The Morgan fingerprint density at radius 3 is 2.67 bits per heavy atom. The Morgan fingerprint density at radius 2 is 1.96 bits per heavy atom. The number of fused-ring (bicyclic) bond motifs is 1. The van der Waals surface area contributed by atoms with Crippen LogP contribution in [-0.4, -0.2) is 32.9 Å². The zero-order chi connectivity index (χ0) is 19.0. The van der Waals surface area contributed by atoms with Crippen LogP contribution in [0.3, 0.4) is 0 Å². The van der Waals surface area contributed by atoms with Gasteiger partial charge in [0.1, 0.15) is 0 Å². The second kappa shape index (κ2) is 7.28. The third kappa shape index (κ3) is 3.30. The fourth-order valence-corrected chi connectivity index (χ4v) is 4.24. The summed E-state index contributed by atoms with van der Waals surface area (Å²) >= 11 is 7.21. The Kier molecular flexibility index (Phi) is 4.84. The summed E-state index contributed by atoms with van der Waals surface area (Å²) in [7, 11) is 0. The number of benzene rings is 1. The minimum Gasteiger partial charge on any atom is -0.307 e. The molecule has 0 saturated carbocycles. The van der Waals surface area contributed by atoms with E-state index in [9.17, 15) is 14.8 Å². The summed E-state index contributed by atoms with van der Waals surface area (Å²) in [6.07, 6.45) is 3.07. The summed E-state index contributed by atoms with van der Waals surface area (Å²) in [6.45, 7) is 0. The molecule has 6 nitrogen and oxygen atoms in total.